The molecule has 0 aliphatic rings. The molecule has 0 saturated carbocycles. The minimum atomic E-state index is -0.347. The van der Waals surface area contributed by atoms with Gasteiger partial charge in [-0.1, -0.05) is 0 Å². The van der Waals surface area contributed by atoms with E-state index in [1.807, 2.05) is 0 Å². The number of methoxy groups -OCH3 is 3. The van der Waals surface area contributed by atoms with E-state index >= 15 is 0 Å². The van der Waals surface area contributed by atoms with Gasteiger partial charge in [-0.05, 0) is 41.3 Å². The third-order valence-electron chi connectivity index (χ3n) is 4.16. The van der Waals surface area contributed by atoms with Crippen LogP contribution in [0.1, 0.15) is 0 Å². The number of nitrogens with zero attached hydrogens (tertiary/aromatic N) is 1. The van der Waals surface area contributed by atoms with Crippen LogP contribution in [0.2, 0.25) is 0 Å². The molecule has 0 amide bonds. The van der Waals surface area contributed by atoms with Crippen molar-refractivity contribution in [3.05, 3.63) is 52.6 Å². The highest BCUT2D eigenvalue weighted by Gasteiger charge is 2.21. The molecule has 0 N–H and O–H groups in total. The molecular weight excluding hydrogens is 325 g/mol. The molecule has 3 aromatic rings. The Hall–Kier alpha value is -3.02. The van der Waals surface area contributed by atoms with E-state index in [1.165, 1.54) is 44.1 Å². The highest BCUT2D eigenvalue weighted by Crippen LogP contribution is 2.46. The Labute approximate surface area is 144 Å². The summed E-state index contributed by atoms with van der Waals surface area (Å²) in [6, 6.07) is 9.19. The summed E-state index contributed by atoms with van der Waals surface area (Å²) in [7, 11) is 6.23. The lowest BCUT2D eigenvalue weighted by atomic mass is 10.0. The molecule has 1 aromatic heterocycles. The Balaban J connectivity index is 2.52. The van der Waals surface area contributed by atoms with Crippen LogP contribution in [-0.2, 0) is 7.05 Å². The van der Waals surface area contributed by atoms with E-state index in [9.17, 15) is 9.18 Å². The van der Waals surface area contributed by atoms with Crippen LogP contribution in [0.15, 0.2) is 41.2 Å². The second-order valence-corrected chi connectivity index (χ2v) is 5.51. The van der Waals surface area contributed by atoms with E-state index in [2.05, 4.69) is 0 Å². The van der Waals surface area contributed by atoms with E-state index in [4.69, 9.17) is 14.2 Å². The van der Waals surface area contributed by atoms with Gasteiger partial charge in [-0.3, -0.25) is 4.79 Å². The van der Waals surface area contributed by atoms with Crippen LogP contribution < -0.4 is 19.8 Å². The number of ether oxygens (including phenoxy) is 3. The Kier molecular flexibility index (Phi) is 4.35. The molecule has 0 atom stereocenters. The van der Waals surface area contributed by atoms with Crippen LogP contribution >= 0.6 is 0 Å². The van der Waals surface area contributed by atoms with Crippen LogP contribution in [0.3, 0.4) is 0 Å². The highest BCUT2D eigenvalue weighted by atomic mass is 19.1. The van der Waals surface area contributed by atoms with Gasteiger partial charge in [0.05, 0.1) is 32.4 Å². The summed E-state index contributed by atoms with van der Waals surface area (Å²) in [5.41, 5.74) is 1.11. The summed E-state index contributed by atoms with van der Waals surface area (Å²) in [5.74, 6) is 0.997. The number of halogens is 1. The Bertz CT molecular complexity index is 993. The number of rotatable bonds is 4. The van der Waals surface area contributed by atoms with Gasteiger partial charge in [0.1, 0.15) is 5.82 Å². The summed E-state index contributed by atoms with van der Waals surface area (Å²) in [5, 5.41) is 1.34. The van der Waals surface area contributed by atoms with Gasteiger partial charge in [0, 0.05) is 13.1 Å². The van der Waals surface area contributed by atoms with Crippen molar-refractivity contribution in [2.45, 2.75) is 0 Å². The maximum absolute atomic E-state index is 13.3. The van der Waals surface area contributed by atoms with Crippen molar-refractivity contribution >= 4 is 10.8 Å². The van der Waals surface area contributed by atoms with Crippen molar-refractivity contribution in [1.29, 1.82) is 0 Å². The fourth-order valence-corrected chi connectivity index (χ4v) is 2.99. The third kappa shape index (κ3) is 2.69. The standard InChI is InChI=1S/C19H18FNO4/c1-21-15(22)10-12-9-14(23-2)18(24-3)19(25-4)16(12)17(21)11-5-7-13(20)8-6-11/h5-10H,1-4H3. The molecule has 2 aromatic carbocycles. The van der Waals surface area contributed by atoms with Crippen LogP contribution in [0.5, 0.6) is 17.2 Å². The van der Waals surface area contributed by atoms with Gasteiger partial charge >= 0.3 is 0 Å². The van der Waals surface area contributed by atoms with Gasteiger partial charge in [0.2, 0.25) is 5.75 Å². The molecule has 0 spiro atoms. The predicted octanol–water partition coefficient (Wildman–Crippen LogP) is 3.37. The predicted molar refractivity (Wildman–Crippen MR) is 94.2 cm³/mol. The molecular formula is C19H18FNO4. The van der Waals surface area contributed by atoms with Gasteiger partial charge in [0.15, 0.2) is 11.5 Å². The lowest BCUT2D eigenvalue weighted by Crippen LogP contribution is -2.18. The molecule has 3 rings (SSSR count). The molecule has 130 valence electrons. The van der Waals surface area contributed by atoms with Crippen LogP contribution in [0, 0.1) is 5.82 Å². The molecule has 0 saturated heterocycles. The van der Waals surface area contributed by atoms with Crippen LogP contribution in [-0.4, -0.2) is 25.9 Å². The molecule has 6 heteroatoms. The highest BCUT2D eigenvalue weighted by molar-refractivity contribution is 6.02. The summed E-state index contributed by atoms with van der Waals surface area (Å²) < 4.78 is 31.2. The molecule has 5 nitrogen and oxygen atoms in total. The number of pyridine rings is 1. The number of benzene rings is 2. The van der Waals surface area contributed by atoms with Crippen LogP contribution in [0.25, 0.3) is 22.0 Å². The summed E-state index contributed by atoms with van der Waals surface area (Å²) in [6.07, 6.45) is 0. The third-order valence-corrected chi connectivity index (χ3v) is 4.16. The topological polar surface area (TPSA) is 49.7 Å². The van der Waals surface area contributed by atoms with Crippen molar-refractivity contribution in [3.8, 4) is 28.5 Å². The van der Waals surface area contributed by atoms with Crippen molar-refractivity contribution in [2.75, 3.05) is 21.3 Å². The molecule has 0 aliphatic heterocycles. The number of hydrogen-bond acceptors (Lipinski definition) is 4. The quantitative estimate of drug-likeness (QED) is 0.729. The number of hydrogen-bond donors (Lipinski definition) is 0. The average molecular weight is 343 g/mol. The van der Waals surface area contributed by atoms with Gasteiger partial charge in [-0.15, -0.1) is 0 Å². The molecule has 0 unspecified atom stereocenters. The second-order valence-electron chi connectivity index (χ2n) is 5.51. The van der Waals surface area contributed by atoms with Crippen molar-refractivity contribution in [2.24, 2.45) is 7.05 Å². The minimum Gasteiger partial charge on any atom is -0.493 e. The van der Waals surface area contributed by atoms with E-state index in [-0.39, 0.29) is 11.4 Å². The largest absolute Gasteiger partial charge is 0.493 e. The molecule has 0 fully saturated rings. The minimum absolute atomic E-state index is 0.193. The smallest absolute Gasteiger partial charge is 0.251 e. The zero-order chi connectivity index (χ0) is 18.1. The van der Waals surface area contributed by atoms with Crippen molar-refractivity contribution < 1.29 is 18.6 Å². The number of aromatic nitrogens is 1. The average Bonchev–Trinajstić information content (AvgIpc) is 2.62. The maximum Gasteiger partial charge on any atom is 0.251 e. The normalized spacial score (nSPS) is 10.8. The van der Waals surface area contributed by atoms with Crippen molar-refractivity contribution in [3.63, 3.8) is 0 Å². The van der Waals surface area contributed by atoms with Gasteiger partial charge in [-0.25, -0.2) is 4.39 Å². The monoisotopic (exact) mass is 343 g/mol. The van der Waals surface area contributed by atoms with Gasteiger partial charge in [-0.2, -0.15) is 0 Å². The first-order valence-corrected chi connectivity index (χ1v) is 7.60. The zero-order valence-corrected chi connectivity index (χ0v) is 14.4. The fraction of sp³-hybridized carbons (Fsp3) is 0.211. The molecule has 0 bridgehead atoms. The molecule has 0 radical (unpaired) electrons. The first kappa shape index (κ1) is 16.8. The lowest BCUT2D eigenvalue weighted by Gasteiger charge is -2.19. The van der Waals surface area contributed by atoms with E-state index < -0.39 is 0 Å². The molecule has 0 aliphatic carbocycles. The van der Waals surface area contributed by atoms with Gasteiger partial charge < -0.3 is 18.8 Å². The summed E-state index contributed by atoms with van der Waals surface area (Å²) in [4.78, 5) is 12.4. The van der Waals surface area contributed by atoms with Crippen molar-refractivity contribution in [1.82, 2.24) is 4.57 Å². The Morgan fingerprint density at radius 1 is 0.920 bits per heavy atom. The fourth-order valence-electron chi connectivity index (χ4n) is 2.99. The van der Waals surface area contributed by atoms with Crippen LogP contribution in [0.4, 0.5) is 4.39 Å². The summed E-state index contributed by atoms with van der Waals surface area (Å²) in [6.45, 7) is 0. The summed E-state index contributed by atoms with van der Waals surface area (Å²) >= 11 is 0. The van der Waals surface area contributed by atoms with E-state index in [0.29, 0.717) is 39.3 Å². The Morgan fingerprint density at radius 2 is 1.56 bits per heavy atom. The van der Waals surface area contributed by atoms with Gasteiger partial charge in [0.25, 0.3) is 5.56 Å². The first-order chi connectivity index (χ1) is 12.0. The zero-order valence-electron chi connectivity index (χ0n) is 14.4. The molecule has 25 heavy (non-hydrogen) atoms. The number of fused-ring (bicyclic) bond motifs is 1. The SMILES string of the molecule is COc1cc2cc(=O)n(C)c(-c3ccc(F)cc3)c2c(OC)c1OC. The maximum atomic E-state index is 13.3. The lowest BCUT2D eigenvalue weighted by molar-refractivity contribution is 0.327. The second kappa shape index (κ2) is 6.47. The van der Waals surface area contributed by atoms with E-state index in [0.717, 1.165) is 0 Å². The molecule has 1 heterocycles. The first-order valence-electron chi connectivity index (χ1n) is 7.60. The Morgan fingerprint density at radius 3 is 2.12 bits per heavy atom. The van der Waals surface area contributed by atoms with E-state index in [1.54, 1.807) is 25.2 Å².